The number of urea groups is 1. The van der Waals surface area contributed by atoms with Crippen molar-refractivity contribution in [3.8, 4) is 0 Å². The zero-order chi connectivity index (χ0) is 16.5. The van der Waals surface area contributed by atoms with Crippen LogP contribution in [-0.4, -0.2) is 12.6 Å². The van der Waals surface area contributed by atoms with E-state index in [2.05, 4.69) is 42.5 Å². The molecule has 0 fully saturated rings. The van der Waals surface area contributed by atoms with E-state index in [0.717, 1.165) is 38.2 Å². The van der Waals surface area contributed by atoms with Crippen molar-refractivity contribution in [1.82, 2.24) is 5.32 Å². The molecule has 0 saturated carbocycles. The molecule has 122 valence electrons. The van der Waals surface area contributed by atoms with E-state index in [1.807, 2.05) is 48.5 Å². The molecule has 23 heavy (non-hydrogen) atoms. The van der Waals surface area contributed by atoms with Gasteiger partial charge in [0.05, 0.1) is 17.7 Å². The largest absolute Gasteiger partial charge is 0.338 e. The highest BCUT2D eigenvalue weighted by atomic mass is 127. The van der Waals surface area contributed by atoms with Gasteiger partial charge in [0.15, 0.2) is 0 Å². The molecule has 2 aromatic rings. The van der Waals surface area contributed by atoms with Crippen LogP contribution >= 0.6 is 34.6 Å². The van der Waals surface area contributed by atoms with E-state index >= 15 is 0 Å². The Bertz CT molecular complexity index is 640. The molecular formula is C15H16IN3O3S. The van der Waals surface area contributed by atoms with Crippen LogP contribution < -0.4 is 16.5 Å². The summed E-state index contributed by atoms with van der Waals surface area (Å²) in [7, 11) is 0. The van der Waals surface area contributed by atoms with Crippen LogP contribution in [0.5, 0.6) is 0 Å². The van der Waals surface area contributed by atoms with Crippen molar-refractivity contribution in [3.63, 3.8) is 0 Å². The summed E-state index contributed by atoms with van der Waals surface area (Å²) < 4.78 is 5.56. The van der Waals surface area contributed by atoms with Crippen molar-refractivity contribution in [2.45, 2.75) is 11.3 Å². The van der Waals surface area contributed by atoms with Crippen molar-refractivity contribution in [3.05, 3.63) is 57.7 Å². The number of nitrogens with one attached hydrogen (secondary N) is 2. The third kappa shape index (κ3) is 6.36. The quantitative estimate of drug-likeness (QED) is 0.263. The van der Waals surface area contributed by atoms with Crippen molar-refractivity contribution >= 4 is 46.4 Å². The number of amides is 2. The normalized spacial score (nSPS) is 10.3. The highest BCUT2D eigenvalue weighted by molar-refractivity contribution is 14.1. The number of hydrogen-bond acceptors (Lipinski definition) is 5. The third-order valence-electron chi connectivity index (χ3n) is 2.91. The average molecular weight is 445 g/mol. The van der Waals surface area contributed by atoms with Gasteiger partial charge < -0.3 is 10.6 Å². The number of halogens is 1. The molecule has 4 N–H and O–H groups in total. The van der Waals surface area contributed by atoms with Gasteiger partial charge in [-0.05, 0) is 58.8 Å². The molecule has 0 spiro atoms. The number of benzene rings is 2. The molecule has 0 saturated heterocycles. The van der Waals surface area contributed by atoms with Gasteiger partial charge in [0.25, 0.3) is 0 Å². The zero-order valence-corrected chi connectivity index (χ0v) is 15.1. The Balaban J connectivity index is 1.74. The molecule has 2 amide bonds. The lowest BCUT2D eigenvalue weighted by Crippen LogP contribution is -2.30. The Labute approximate surface area is 152 Å². The number of nitrogens with two attached hydrogens (primary N) is 1. The summed E-state index contributed by atoms with van der Waals surface area (Å²) in [6.45, 7) is 0.546. The number of carbonyl (C=O) groups is 1. The van der Waals surface area contributed by atoms with Gasteiger partial charge in [-0.15, -0.1) is 9.32 Å². The Morgan fingerprint density at radius 1 is 1.17 bits per heavy atom. The lowest BCUT2D eigenvalue weighted by atomic mass is 10.1. The number of para-hydroxylation sites is 1. The number of anilines is 1. The van der Waals surface area contributed by atoms with Crippen LogP contribution in [-0.2, 0) is 15.7 Å². The number of rotatable bonds is 7. The first-order valence-electron chi connectivity index (χ1n) is 6.77. The number of carbonyl (C=O) groups excluding carboxylic acids is 1. The fraction of sp³-hybridized carbons (Fsp3) is 0.133. The Hall–Kier alpha value is -1.33. The predicted molar refractivity (Wildman–Crippen MR) is 98.5 cm³/mol. The van der Waals surface area contributed by atoms with Crippen LogP contribution in [0.25, 0.3) is 0 Å². The van der Waals surface area contributed by atoms with Gasteiger partial charge in [-0.25, -0.2) is 4.79 Å². The minimum absolute atomic E-state index is 0.213. The first kappa shape index (κ1) is 18.0. The van der Waals surface area contributed by atoms with Gasteiger partial charge in [-0.2, -0.15) is 5.90 Å². The molecular weight excluding hydrogens is 429 g/mol. The molecule has 6 nitrogen and oxygen atoms in total. The molecule has 0 unspecified atom stereocenters. The monoisotopic (exact) mass is 445 g/mol. The van der Waals surface area contributed by atoms with Crippen molar-refractivity contribution < 1.29 is 14.1 Å². The molecule has 2 rings (SSSR count). The molecule has 0 heterocycles. The van der Waals surface area contributed by atoms with Crippen LogP contribution in [0.1, 0.15) is 5.56 Å². The molecule has 0 aliphatic rings. The highest BCUT2D eigenvalue weighted by Crippen LogP contribution is 2.19. The van der Waals surface area contributed by atoms with Gasteiger partial charge in [-0.3, -0.25) is 0 Å². The van der Waals surface area contributed by atoms with E-state index < -0.39 is 0 Å². The SMILES string of the molecule is NOOSc1ccc(CCNC(=O)Nc2ccccc2I)cc1. The van der Waals surface area contributed by atoms with Crippen LogP contribution in [0.15, 0.2) is 53.4 Å². The predicted octanol–water partition coefficient (Wildman–Crippen LogP) is 3.48. The molecule has 0 radical (unpaired) electrons. The third-order valence-corrected chi connectivity index (χ3v) is 4.47. The van der Waals surface area contributed by atoms with Gasteiger partial charge in [-0.1, -0.05) is 24.3 Å². The van der Waals surface area contributed by atoms with E-state index in [1.165, 1.54) is 0 Å². The number of hydrogen-bond donors (Lipinski definition) is 3. The van der Waals surface area contributed by atoms with Crippen molar-refractivity contribution in [1.29, 1.82) is 0 Å². The molecule has 0 aromatic heterocycles. The minimum Gasteiger partial charge on any atom is -0.338 e. The first-order valence-corrected chi connectivity index (χ1v) is 8.59. The van der Waals surface area contributed by atoms with E-state index in [9.17, 15) is 4.79 Å². The maximum absolute atomic E-state index is 11.9. The summed E-state index contributed by atoms with van der Waals surface area (Å²) in [5, 5.41) is 5.66. The Morgan fingerprint density at radius 2 is 1.91 bits per heavy atom. The van der Waals surface area contributed by atoms with Crippen LogP contribution in [0, 0.1) is 3.57 Å². The maximum Gasteiger partial charge on any atom is 0.319 e. The van der Waals surface area contributed by atoms with Crippen LogP contribution in [0.3, 0.4) is 0 Å². The average Bonchev–Trinajstić information content (AvgIpc) is 2.56. The molecule has 8 heteroatoms. The molecule has 2 aromatic carbocycles. The summed E-state index contributed by atoms with van der Waals surface area (Å²) in [6, 6.07) is 15.1. The van der Waals surface area contributed by atoms with Gasteiger partial charge in [0.1, 0.15) is 0 Å². The fourth-order valence-corrected chi connectivity index (χ4v) is 2.71. The zero-order valence-electron chi connectivity index (χ0n) is 12.1. The van der Waals surface area contributed by atoms with Crippen molar-refractivity contribution in [2.75, 3.05) is 11.9 Å². The van der Waals surface area contributed by atoms with Gasteiger partial charge in [0.2, 0.25) is 0 Å². The van der Waals surface area contributed by atoms with Crippen LogP contribution in [0.2, 0.25) is 0 Å². The molecule has 0 aliphatic heterocycles. The second kappa shape index (κ2) is 9.73. The maximum atomic E-state index is 11.9. The molecule has 0 atom stereocenters. The highest BCUT2D eigenvalue weighted by Gasteiger charge is 2.04. The Morgan fingerprint density at radius 3 is 2.61 bits per heavy atom. The van der Waals surface area contributed by atoms with E-state index in [0.29, 0.717) is 6.54 Å². The Kier molecular flexibility index (Phi) is 7.62. The van der Waals surface area contributed by atoms with Gasteiger partial charge >= 0.3 is 6.03 Å². The van der Waals surface area contributed by atoms with Crippen LogP contribution in [0.4, 0.5) is 10.5 Å². The lowest BCUT2D eigenvalue weighted by molar-refractivity contribution is -0.195. The summed E-state index contributed by atoms with van der Waals surface area (Å²) >= 11 is 3.21. The van der Waals surface area contributed by atoms with Crippen molar-refractivity contribution in [2.24, 2.45) is 5.90 Å². The standard InChI is InChI=1S/C15H16IN3O3S/c16-13-3-1-2-4-14(13)19-15(20)18-10-9-11-5-7-12(8-6-11)23-22-21-17/h1-8H,9-10,17H2,(H2,18,19,20). The summed E-state index contributed by atoms with van der Waals surface area (Å²) in [5.41, 5.74) is 1.91. The molecule has 0 aliphatic carbocycles. The lowest BCUT2D eigenvalue weighted by Gasteiger charge is -2.09. The summed E-state index contributed by atoms with van der Waals surface area (Å²) in [6.07, 6.45) is 0.735. The molecule has 0 bridgehead atoms. The first-order chi connectivity index (χ1) is 11.2. The minimum atomic E-state index is -0.213. The van der Waals surface area contributed by atoms with E-state index in [-0.39, 0.29) is 6.03 Å². The topological polar surface area (TPSA) is 85.6 Å². The smallest absolute Gasteiger partial charge is 0.319 e. The van der Waals surface area contributed by atoms with Gasteiger partial charge in [0, 0.05) is 15.0 Å². The second-order valence-electron chi connectivity index (χ2n) is 4.50. The van der Waals surface area contributed by atoms with E-state index in [4.69, 9.17) is 5.90 Å². The second-order valence-corrected chi connectivity index (χ2v) is 6.44. The summed E-state index contributed by atoms with van der Waals surface area (Å²) in [5.74, 6) is 4.78. The fourth-order valence-electron chi connectivity index (χ4n) is 1.82. The summed E-state index contributed by atoms with van der Waals surface area (Å²) in [4.78, 5) is 16.8. The van der Waals surface area contributed by atoms with E-state index in [1.54, 1.807) is 0 Å².